The largest absolute Gasteiger partial charge is 0.471 e. The van der Waals surface area contributed by atoms with E-state index in [0.29, 0.717) is 10.4 Å². The highest BCUT2D eigenvalue weighted by molar-refractivity contribution is 5.46. The monoisotopic (exact) mass is 277 g/mol. The first-order valence-corrected chi connectivity index (χ1v) is 6.13. The first-order valence-electron chi connectivity index (χ1n) is 6.13. The molecule has 20 heavy (non-hydrogen) atoms. The molecule has 0 radical (unpaired) electrons. The molecule has 1 N–H and O–H groups in total. The van der Waals surface area contributed by atoms with Gasteiger partial charge in [-0.15, -0.1) is 4.85 Å². The quantitative estimate of drug-likeness (QED) is 0.515. The van der Waals surface area contributed by atoms with Crippen LogP contribution in [-0.2, 0) is 6.61 Å². The van der Waals surface area contributed by atoms with Crippen LogP contribution < -0.4 is 4.74 Å². The van der Waals surface area contributed by atoms with Crippen LogP contribution in [0.3, 0.4) is 0 Å². The van der Waals surface area contributed by atoms with E-state index in [4.69, 9.17) is 9.94 Å². The normalized spacial score (nSPS) is 10.8. The van der Waals surface area contributed by atoms with Crippen LogP contribution in [0.25, 0.3) is 0 Å². The molecule has 0 spiro atoms. The van der Waals surface area contributed by atoms with Crippen LogP contribution in [0, 0.1) is 10.1 Å². The molecule has 0 saturated carbocycles. The number of hydrogen-bond acceptors (Lipinski definition) is 5. The second kappa shape index (κ2) is 5.60. The van der Waals surface area contributed by atoms with Gasteiger partial charge in [0.2, 0.25) is 5.88 Å². The molecular weight excluding hydrogens is 262 g/mol. The van der Waals surface area contributed by atoms with Gasteiger partial charge in [-0.3, -0.25) is 10.1 Å². The highest BCUT2D eigenvalue weighted by Gasteiger charge is 2.19. The molecule has 1 aromatic heterocycles. The number of ether oxygens (including phenoxy) is 1. The standard InChI is InChI=1S/C13H15N3O4/c1-9(2)10-4-3-5-12(16(18)19)11(10)8-20-13-6-7-15(17)14-13/h3-7,9,17H,8H2,1-2H3. The summed E-state index contributed by atoms with van der Waals surface area (Å²) in [5.41, 5.74) is 1.42. The Morgan fingerprint density at radius 3 is 2.75 bits per heavy atom. The van der Waals surface area contributed by atoms with E-state index in [1.807, 2.05) is 19.9 Å². The number of nitrogens with zero attached hydrogens (tertiary/aromatic N) is 3. The summed E-state index contributed by atoms with van der Waals surface area (Å²) in [6.45, 7) is 3.96. The van der Waals surface area contributed by atoms with Gasteiger partial charge in [-0.2, -0.15) is 0 Å². The van der Waals surface area contributed by atoms with Gasteiger partial charge in [-0.1, -0.05) is 31.1 Å². The molecular formula is C13H15N3O4. The van der Waals surface area contributed by atoms with Crippen molar-refractivity contribution in [1.29, 1.82) is 0 Å². The third-order valence-electron chi connectivity index (χ3n) is 2.92. The predicted molar refractivity (Wildman–Crippen MR) is 70.9 cm³/mol. The molecule has 0 unspecified atom stereocenters. The van der Waals surface area contributed by atoms with Gasteiger partial charge in [0.25, 0.3) is 5.69 Å². The van der Waals surface area contributed by atoms with Gasteiger partial charge in [0.05, 0.1) is 16.7 Å². The van der Waals surface area contributed by atoms with Crippen LogP contribution in [0.1, 0.15) is 30.9 Å². The van der Waals surface area contributed by atoms with Crippen molar-refractivity contribution in [3.8, 4) is 5.88 Å². The van der Waals surface area contributed by atoms with E-state index in [0.717, 1.165) is 5.56 Å². The third kappa shape index (κ3) is 2.87. The van der Waals surface area contributed by atoms with E-state index in [-0.39, 0.29) is 24.1 Å². The summed E-state index contributed by atoms with van der Waals surface area (Å²) in [6, 6.07) is 6.44. The fourth-order valence-corrected chi connectivity index (χ4v) is 1.98. The maximum atomic E-state index is 11.1. The second-order valence-electron chi connectivity index (χ2n) is 4.62. The van der Waals surface area contributed by atoms with Crippen LogP contribution in [-0.4, -0.2) is 20.1 Å². The maximum Gasteiger partial charge on any atom is 0.276 e. The van der Waals surface area contributed by atoms with E-state index in [1.54, 1.807) is 6.07 Å². The predicted octanol–water partition coefficient (Wildman–Crippen LogP) is 2.73. The number of aromatic nitrogens is 2. The molecule has 7 heteroatoms. The zero-order valence-electron chi connectivity index (χ0n) is 11.2. The molecule has 1 heterocycles. The second-order valence-corrected chi connectivity index (χ2v) is 4.62. The molecule has 1 aromatic carbocycles. The zero-order valence-corrected chi connectivity index (χ0v) is 11.2. The van der Waals surface area contributed by atoms with E-state index in [9.17, 15) is 10.1 Å². The number of rotatable bonds is 5. The first kappa shape index (κ1) is 13.9. The number of hydrogen-bond donors (Lipinski definition) is 1. The molecule has 0 aliphatic heterocycles. The van der Waals surface area contributed by atoms with Gasteiger partial charge < -0.3 is 9.94 Å². The Morgan fingerprint density at radius 1 is 1.45 bits per heavy atom. The van der Waals surface area contributed by atoms with Crippen LogP contribution >= 0.6 is 0 Å². The molecule has 2 rings (SSSR count). The van der Waals surface area contributed by atoms with Gasteiger partial charge in [0.1, 0.15) is 6.61 Å². The molecule has 106 valence electrons. The van der Waals surface area contributed by atoms with Gasteiger partial charge in [0, 0.05) is 12.1 Å². The highest BCUT2D eigenvalue weighted by Crippen LogP contribution is 2.28. The van der Waals surface area contributed by atoms with Crippen LogP contribution in [0.4, 0.5) is 5.69 Å². The van der Waals surface area contributed by atoms with Gasteiger partial charge in [-0.05, 0) is 11.5 Å². The van der Waals surface area contributed by atoms with Gasteiger partial charge >= 0.3 is 0 Å². The van der Waals surface area contributed by atoms with Crippen molar-refractivity contribution < 1.29 is 14.9 Å². The van der Waals surface area contributed by atoms with Crippen molar-refractivity contribution in [3.63, 3.8) is 0 Å². The Labute approximate surface area is 115 Å². The minimum absolute atomic E-state index is 0.0274. The number of nitro benzene ring substituents is 1. The van der Waals surface area contributed by atoms with Crippen molar-refractivity contribution in [2.45, 2.75) is 26.4 Å². The summed E-state index contributed by atoms with van der Waals surface area (Å²) in [5, 5.41) is 23.8. The Bertz CT molecular complexity index is 622. The van der Waals surface area contributed by atoms with Crippen molar-refractivity contribution in [1.82, 2.24) is 9.94 Å². The summed E-state index contributed by atoms with van der Waals surface area (Å²) in [6.07, 6.45) is 1.32. The van der Waals surface area contributed by atoms with Crippen LogP contribution in [0.15, 0.2) is 30.5 Å². The molecule has 2 aromatic rings. The molecule has 0 amide bonds. The summed E-state index contributed by atoms with van der Waals surface area (Å²) < 4.78 is 5.40. The topological polar surface area (TPSA) is 90.4 Å². The lowest BCUT2D eigenvalue weighted by atomic mass is 9.96. The summed E-state index contributed by atoms with van der Waals surface area (Å²) in [4.78, 5) is 11.3. The zero-order chi connectivity index (χ0) is 14.7. The Kier molecular flexibility index (Phi) is 3.88. The molecule has 0 bridgehead atoms. The minimum Gasteiger partial charge on any atom is -0.471 e. The first-order chi connectivity index (χ1) is 9.49. The molecule has 0 aliphatic rings. The minimum atomic E-state index is -0.421. The van der Waals surface area contributed by atoms with Crippen LogP contribution in [0.2, 0.25) is 0 Å². The van der Waals surface area contributed by atoms with E-state index in [1.165, 1.54) is 18.3 Å². The number of benzene rings is 1. The molecule has 0 aliphatic carbocycles. The summed E-state index contributed by atoms with van der Waals surface area (Å²) >= 11 is 0. The highest BCUT2D eigenvalue weighted by atomic mass is 16.6. The fourth-order valence-electron chi connectivity index (χ4n) is 1.98. The number of nitro groups is 1. The van der Waals surface area contributed by atoms with Crippen molar-refractivity contribution in [2.75, 3.05) is 0 Å². The van der Waals surface area contributed by atoms with Gasteiger partial charge in [-0.25, -0.2) is 0 Å². The van der Waals surface area contributed by atoms with Crippen molar-refractivity contribution in [3.05, 3.63) is 51.7 Å². The van der Waals surface area contributed by atoms with E-state index < -0.39 is 4.92 Å². The summed E-state index contributed by atoms with van der Waals surface area (Å²) in [5.74, 6) is 0.351. The average Bonchev–Trinajstić information content (AvgIpc) is 2.81. The Balaban J connectivity index is 2.30. The molecule has 0 fully saturated rings. The molecule has 0 atom stereocenters. The fraction of sp³-hybridized carbons (Fsp3) is 0.308. The summed E-state index contributed by atoms with van der Waals surface area (Å²) in [7, 11) is 0. The van der Waals surface area contributed by atoms with E-state index >= 15 is 0 Å². The smallest absolute Gasteiger partial charge is 0.276 e. The van der Waals surface area contributed by atoms with Crippen LogP contribution in [0.5, 0.6) is 5.88 Å². The van der Waals surface area contributed by atoms with Gasteiger partial charge in [0.15, 0.2) is 0 Å². The third-order valence-corrected chi connectivity index (χ3v) is 2.92. The lowest BCUT2D eigenvalue weighted by Gasteiger charge is -2.12. The maximum absolute atomic E-state index is 11.1. The Morgan fingerprint density at radius 2 is 2.20 bits per heavy atom. The average molecular weight is 277 g/mol. The van der Waals surface area contributed by atoms with Crippen molar-refractivity contribution in [2.24, 2.45) is 0 Å². The molecule has 0 saturated heterocycles. The Hall–Kier alpha value is -2.57. The van der Waals surface area contributed by atoms with Crippen molar-refractivity contribution >= 4 is 5.69 Å². The SMILES string of the molecule is CC(C)c1cccc([N+](=O)[O-])c1COc1ccn(O)n1. The molecule has 7 nitrogen and oxygen atoms in total. The van der Waals surface area contributed by atoms with E-state index in [2.05, 4.69) is 5.10 Å². The lowest BCUT2D eigenvalue weighted by Crippen LogP contribution is -2.06. The lowest BCUT2D eigenvalue weighted by molar-refractivity contribution is -0.385.